The topological polar surface area (TPSA) is 91.2 Å². The number of hydrogen-bond donors (Lipinski definition) is 1. The molecule has 0 radical (unpaired) electrons. The van der Waals surface area contributed by atoms with Crippen molar-refractivity contribution in [2.45, 2.75) is 20.1 Å². The van der Waals surface area contributed by atoms with Crippen molar-refractivity contribution in [3.63, 3.8) is 0 Å². The predicted octanol–water partition coefficient (Wildman–Crippen LogP) is 2.90. The zero-order valence-corrected chi connectivity index (χ0v) is 14.4. The summed E-state index contributed by atoms with van der Waals surface area (Å²) in [5.74, 6) is 0.124. The number of aromatic nitrogens is 4. The average molecular weight is 357 g/mol. The van der Waals surface area contributed by atoms with Crippen LogP contribution in [0, 0.1) is 0 Å². The van der Waals surface area contributed by atoms with Crippen molar-refractivity contribution in [1.29, 1.82) is 0 Å². The van der Waals surface area contributed by atoms with E-state index in [4.69, 9.17) is 22.2 Å². The largest absolute Gasteiger partial charge is 0.391 e. The Morgan fingerprint density at radius 3 is 2.76 bits per heavy atom. The van der Waals surface area contributed by atoms with E-state index in [0.29, 0.717) is 18.2 Å². The molecule has 25 heavy (non-hydrogen) atoms. The summed E-state index contributed by atoms with van der Waals surface area (Å²) in [5, 5.41) is 16.2. The highest BCUT2D eigenvalue weighted by molar-refractivity contribution is 6.31. The summed E-state index contributed by atoms with van der Waals surface area (Å²) in [6, 6.07) is 15.5. The van der Waals surface area contributed by atoms with Crippen LogP contribution in [-0.4, -0.2) is 25.9 Å². The summed E-state index contributed by atoms with van der Waals surface area (Å²) >= 11 is 6.25. The molecule has 0 fully saturated rings. The molecule has 0 saturated heterocycles. The van der Waals surface area contributed by atoms with Crippen molar-refractivity contribution >= 4 is 23.3 Å². The molecule has 1 aromatic heterocycles. The van der Waals surface area contributed by atoms with Crippen LogP contribution in [0.5, 0.6) is 0 Å². The monoisotopic (exact) mass is 356 g/mol. The molecule has 0 aliphatic carbocycles. The lowest BCUT2D eigenvalue weighted by atomic mass is 10.1. The summed E-state index contributed by atoms with van der Waals surface area (Å²) in [7, 11) is 0. The Morgan fingerprint density at radius 2 is 2.04 bits per heavy atom. The van der Waals surface area contributed by atoms with Crippen LogP contribution in [-0.2, 0) is 18.0 Å². The van der Waals surface area contributed by atoms with Crippen LogP contribution in [0.3, 0.4) is 0 Å². The van der Waals surface area contributed by atoms with Gasteiger partial charge in [0.05, 0.1) is 12.3 Å². The average Bonchev–Trinajstić information content (AvgIpc) is 3.02. The SMILES string of the molecule is C/C(=N\OCc1ccccc1)c1ccc(Cl)c(Cn2nnc(N)n2)c1. The van der Waals surface area contributed by atoms with Gasteiger partial charge in [-0.2, -0.15) is 4.80 Å². The standard InChI is InChI=1S/C17H17ClN6O/c1-12(22-25-11-13-5-3-2-4-6-13)14-7-8-16(18)15(9-14)10-24-21-17(19)20-23-24/h2-9H,10-11H2,1H3,(H2,19,21)/b22-12+. The molecule has 0 spiro atoms. The molecule has 0 unspecified atom stereocenters. The highest BCUT2D eigenvalue weighted by Gasteiger charge is 2.08. The van der Waals surface area contributed by atoms with Crippen LogP contribution in [0.25, 0.3) is 0 Å². The minimum atomic E-state index is 0.124. The van der Waals surface area contributed by atoms with Gasteiger partial charge in [-0.05, 0) is 41.0 Å². The molecular formula is C17H17ClN6O. The lowest BCUT2D eigenvalue weighted by Crippen LogP contribution is -2.06. The van der Waals surface area contributed by atoms with E-state index in [0.717, 1.165) is 22.4 Å². The van der Waals surface area contributed by atoms with E-state index in [1.165, 1.54) is 4.80 Å². The van der Waals surface area contributed by atoms with Crippen molar-refractivity contribution in [2.24, 2.45) is 5.16 Å². The molecule has 3 aromatic rings. The van der Waals surface area contributed by atoms with Crippen molar-refractivity contribution in [1.82, 2.24) is 20.2 Å². The number of halogens is 1. The third kappa shape index (κ3) is 4.54. The Kier molecular flexibility index (Phi) is 5.25. The molecule has 0 aliphatic rings. The summed E-state index contributed by atoms with van der Waals surface area (Å²) in [6.45, 7) is 2.67. The van der Waals surface area contributed by atoms with Gasteiger partial charge in [0.1, 0.15) is 6.61 Å². The maximum atomic E-state index is 6.25. The molecule has 0 amide bonds. The van der Waals surface area contributed by atoms with Gasteiger partial charge < -0.3 is 10.6 Å². The number of benzene rings is 2. The molecule has 0 bridgehead atoms. The highest BCUT2D eigenvalue weighted by Crippen LogP contribution is 2.19. The van der Waals surface area contributed by atoms with Gasteiger partial charge in [0.25, 0.3) is 5.95 Å². The first-order chi connectivity index (χ1) is 12.1. The van der Waals surface area contributed by atoms with Gasteiger partial charge in [0.15, 0.2) is 0 Å². The van der Waals surface area contributed by atoms with Crippen molar-refractivity contribution < 1.29 is 4.84 Å². The van der Waals surface area contributed by atoms with E-state index >= 15 is 0 Å². The zero-order chi connectivity index (χ0) is 17.6. The molecule has 128 valence electrons. The number of rotatable bonds is 6. The molecule has 2 aromatic carbocycles. The smallest absolute Gasteiger partial charge is 0.260 e. The van der Waals surface area contributed by atoms with Gasteiger partial charge in [-0.3, -0.25) is 0 Å². The number of hydrogen-bond acceptors (Lipinski definition) is 6. The Labute approximate surface area is 150 Å². The van der Waals surface area contributed by atoms with E-state index in [1.807, 2.05) is 55.5 Å². The number of nitrogen functional groups attached to an aromatic ring is 1. The van der Waals surface area contributed by atoms with Crippen LogP contribution in [0.4, 0.5) is 5.95 Å². The van der Waals surface area contributed by atoms with Gasteiger partial charge in [-0.1, -0.05) is 58.3 Å². The second-order valence-corrected chi connectivity index (χ2v) is 5.83. The van der Waals surface area contributed by atoms with Gasteiger partial charge in [-0.15, -0.1) is 5.10 Å². The molecule has 1 heterocycles. The van der Waals surface area contributed by atoms with Gasteiger partial charge in [0.2, 0.25) is 0 Å². The fraction of sp³-hybridized carbons (Fsp3) is 0.176. The normalized spacial score (nSPS) is 11.5. The van der Waals surface area contributed by atoms with Gasteiger partial charge in [0, 0.05) is 5.02 Å². The lowest BCUT2D eigenvalue weighted by molar-refractivity contribution is 0.130. The van der Waals surface area contributed by atoms with Crippen LogP contribution < -0.4 is 5.73 Å². The molecule has 8 heteroatoms. The van der Waals surface area contributed by atoms with Crippen molar-refractivity contribution in [2.75, 3.05) is 5.73 Å². The highest BCUT2D eigenvalue weighted by atomic mass is 35.5. The fourth-order valence-corrected chi connectivity index (χ4v) is 2.40. The fourth-order valence-electron chi connectivity index (χ4n) is 2.23. The van der Waals surface area contributed by atoms with Crippen molar-refractivity contribution in [3.05, 3.63) is 70.2 Å². The maximum Gasteiger partial charge on any atom is 0.260 e. The lowest BCUT2D eigenvalue weighted by Gasteiger charge is -2.07. The van der Waals surface area contributed by atoms with Gasteiger partial charge in [-0.25, -0.2) is 0 Å². The first-order valence-electron chi connectivity index (χ1n) is 7.64. The number of tetrazole rings is 1. The van der Waals surface area contributed by atoms with E-state index < -0.39 is 0 Å². The van der Waals surface area contributed by atoms with E-state index in [-0.39, 0.29) is 5.95 Å². The second-order valence-electron chi connectivity index (χ2n) is 5.42. The predicted molar refractivity (Wildman–Crippen MR) is 96.2 cm³/mol. The molecule has 0 saturated carbocycles. The number of nitrogens with two attached hydrogens (primary N) is 1. The minimum absolute atomic E-state index is 0.124. The summed E-state index contributed by atoms with van der Waals surface area (Å²) in [5.41, 5.74) is 9.03. The summed E-state index contributed by atoms with van der Waals surface area (Å²) in [6.07, 6.45) is 0. The molecular weight excluding hydrogens is 340 g/mol. The van der Waals surface area contributed by atoms with Crippen LogP contribution >= 0.6 is 11.6 Å². The molecule has 2 N–H and O–H groups in total. The minimum Gasteiger partial charge on any atom is -0.391 e. The summed E-state index contributed by atoms with van der Waals surface area (Å²) in [4.78, 5) is 6.81. The zero-order valence-electron chi connectivity index (χ0n) is 13.6. The van der Waals surface area contributed by atoms with Crippen LogP contribution in [0.1, 0.15) is 23.6 Å². The molecule has 3 rings (SSSR count). The summed E-state index contributed by atoms with van der Waals surface area (Å²) < 4.78 is 0. The third-order valence-electron chi connectivity index (χ3n) is 3.52. The third-order valence-corrected chi connectivity index (χ3v) is 3.89. The second kappa shape index (κ2) is 7.76. The van der Waals surface area contributed by atoms with Crippen LogP contribution in [0.15, 0.2) is 53.7 Å². The Balaban J connectivity index is 1.70. The Hall–Kier alpha value is -2.93. The number of oxime groups is 1. The quantitative estimate of drug-likeness (QED) is 0.541. The number of anilines is 1. The van der Waals surface area contributed by atoms with E-state index in [9.17, 15) is 0 Å². The van der Waals surface area contributed by atoms with Gasteiger partial charge >= 0.3 is 0 Å². The Bertz CT molecular complexity index is 878. The first-order valence-corrected chi connectivity index (χ1v) is 8.02. The Morgan fingerprint density at radius 1 is 1.24 bits per heavy atom. The maximum absolute atomic E-state index is 6.25. The molecule has 0 atom stereocenters. The number of nitrogens with zero attached hydrogens (tertiary/aromatic N) is 5. The molecule has 7 nitrogen and oxygen atoms in total. The van der Waals surface area contributed by atoms with Crippen molar-refractivity contribution in [3.8, 4) is 0 Å². The van der Waals surface area contributed by atoms with E-state index in [1.54, 1.807) is 0 Å². The van der Waals surface area contributed by atoms with E-state index in [2.05, 4.69) is 20.6 Å². The first kappa shape index (κ1) is 16.9. The van der Waals surface area contributed by atoms with Crippen LogP contribution in [0.2, 0.25) is 5.02 Å². The molecule has 0 aliphatic heterocycles.